The number of amides is 1. The second-order valence-corrected chi connectivity index (χ2v) is 6.37. The molecular formula is C17H29N5O. The van der Waals surface area contributed by atoms with Crippen molar-refractivity contribution in [1.29, 1.82) is 0 Å². The van der Waals surface area contributed by atoms with E-state index >= 15 is 0 Å². The maximum Gasteiger partial charge on any atom is 0.276 e. The lowest BCUT2D eigenvalue weighted by Crippen LogP contribution is -2.35. The third kappa shape index (κ3) is 4.64. The largest absolute Gasteiger partial charge is 0.338 e. The van der Waals surface area contributed by atoms with E-state index in [9.17, 15) is 4.79 Å². The van der Waals surface area contributed by atoms with Gasteiger partial charge >= 0.3 is 0 Å². The molecule has 1 aromatic rings. The fourth-order valence-corrected chi connectivity index (χ4v) is 2.90. The van der Waals surface area contributed by atoms with Crippen LogP contribution in [-0.2, 0) is 0 Å². The summed E-state index contributed by atoms with van der Waals surface area (Å²) in [5.41, 5.74) is 1.82. The number of hydrogen-bond donors (Lipinski definition) is 0. The second-order valence-electron chi connectivity index (χ2n) is 6.37. The average molecular weight is 319 g/mol. The first kappa shape index (κ1) is 17.7. The summed E-state index contributed by atoms with van der Waals surface area (Å²) in [6.07, 6.45) is 6.20. The van der Waals surface area contributed by atoms with Gasteiger partial charge in [0.1, 0.15) is 0 Å². The Morgan fingerprint density at radius 3 is 2.52 bits per heavy atom. The highest BCUT2D eigenvalue weighted by Crippen LogP contribution is 2.21. The quantitative estimate of drug-likeness (QED) is 0.755. The summed E-state index contributed by atoms with van der Waals surface area (Å²) in [5.74, 6) is -0.0257. The first-order chi connectivity index (χ1) is 11.0. The van der Waals surface area contributed by atoms with E-state index in [0.29, 0.717) is 24.8 Å². The number of aromatic nitrogens is 3. The number of nitrogens with zero attached hydrogens (tertiary/aromatic N) is 5. The molecule has 1 fully saturated rings. The Morgan fingerprint density at radius 1 is 1.30 bits per heavy atom. The lowest BCUT2D eigenvalue weighted by Gasteiger charge is -2.31. The van der Waals surface area contributed by atoms with Crippen molar-refractivity contribution in [2.75, 3.05) is 32.7 Å². The number of piperidine rings is 1. The number of rotatable bonds is 6. The van der Waals surface area contributed by atoms with Crippen LogP contribution in [0.5, 0.6) is 0 Å². The molecule has 0 spiro atoms. The van der Waals surface area contributed by atoms with Gasteiger partial charge in [-0.25, -0.2) is 4.68 Å². The standard InChI is InChI=1S/C17H29N5O/c1-5-21(6-2)17(23)16-13-22(19-18-16)15-8-11-20(12-9-15)10-7-14(3)4/h7,13,15H,5-6,8-12H2,1-4H3. The Kier molecular flexibility index (Phi) is 6.33. The van der Waals surface area contributed by atoms with Crippen molar-refractivity contribution in [2.24, 2.45) is 0 Å². The Morgan fingerprint density at radius 2 is 1.96 bits per heavy atom. The van der Waals surface area contributed by atoms with Gasteiger partial charge in [-0.05, 0) is 40.5 Å². The van der Waals surface area contributed by atoms with Gasteiger partial charge in [-0.2, -0.15) is 0 Å². The molecule has 2 rings (SSSR count). The molecule has 1 aliphatic heterocycles. The highest BCUT2D eigenvalue weighted by Gasteiger charge is 2.23. The number of carbonyl (C=O) groups excluding carboxylic acids is 1. The molecule has 0 bridgehead atoms. The normalized spacial score (nSPS) is 16.3. The smallest absolute Gasteiger partial charge is 0.276 e. The minimum atomic E-state index is -0.0257. The van der Waals surface area contributed by atoms with Crippen LogP contribution in [0.1, 0.15) is 57.1 Å². The van der Waals surface area contributed by atoms with Crippen molar-refractivity contribution in [3.63, 3.8) is 0 Å². The summed E-state index contributed by atoms with van der Waals surface area (Å²) >= 11 is 0. The fourth-order valence-electron chi connectivity index (χ4n) is 2.90. The second kappa shape index (κ2) is 8.24. The Bertz CT molecular complexity index is 535. The van der Waals surface area contributed by atoms with Crippen molar-refractivity contribution >= 4 is 5.91 Å². The number of carbonyl (C=O) groups is 1. The molecule has 1 aliphatic rings. The molecule has 2 heterocycles. The number of allylic oxidation sites excluding steroid dienone is 1. The van der Waals surface area contributed by atoms with Gasteiger partial charge in [-0.3, -0.25) is 9.69 Å². The van der Waals surface area contributed by atoms with Crippen molar-refractivity contribution < 1.29 is 4.79 Å². The predicted molar refractivity (Wildman–Crippen MR) is 91.4 cm³/mol. The van der Waals surface area contributed by atoms with Crippen LogP contribution >= 0.6 is 0 Å². The van der Waals surface area contributed by atoms with Gasteiger partial charge in [0.25, 0.3) is 5.91 Å². The van der Waals surface area contributed by atoms with E-state index in [2.05, 4.69) is 35.1 Å². The van der Waals surface area contributed by atoms with Crippen LogP contribution in [-0.4, -0.2) is 63.4 Å². The van der Waals surface area contributed by atoms with Crippen LogP contribution in [0.25, 0.3) is 0 Å². The SMILES string of the molecule is CCN(CC)C(=O)c1cn(C2CCN(CC=C(C)C)CC2)nn1. The fraction of sp³-hybridized carbons (Fsp3) is 0.706. The van der Waals surface area contributed by atoms with Gasteiger partial charge in [0, 0.05) is 32.7 Å². The number of hydrogen-bond acceptors (Lipinski definition) is 4. The Labute approximate surface area is 139 Å². The van der Waals surface area contributed by atoms with E-state index in [-0.39, 0.29) is 5.91 Å². The summed E-state index contributed by atoms with van der Waals surface area (Å²) < 4.78 is 1.88. The van der Waals surface area contributed by atoms with Gasteiger partial charge in [-0.15, -0.1) is 5.10 Å². The lowest BCUT2D eigenvalue weighted by atomic mass is 10.1. The van der Waals surface area contributed by atoms with Gasteiger partial charge < -0.3 is 4.90 Å². The molecule has 0 saturated carbocycles. The molecule has 6 heteroatoms. The number of likely N-dealkylation sites (tertiary alicyclic amines) is 1. The summed E-state index contributed by atoms with van der Waals surface area (Å²) in [7, 11) is 0. The zero-order chi connectivity index (χ0) is 16.8. The van der Waals surface area contributed by atoms with E-state index in [1.165, 1.54) is 5.57 Å². The van der Waals surface area contributed by atoms with Crippen LogP contribution in [0, 0.1) is 0 Å². The molecule has 1 amide bonds. The summed E-state index contributed by atoms with van der Waals surface area (Å²) in [5, 5.41) is 8.29. The maximum absolute atomic E-state index is 12.3. The van der Waals surface area contributed by atoms with Crippen molar-refractivity contribution in [1.82, 2.24) is 24.8 Å². The average Bonchev–Trinajstić information content (AvgIpc) is 3.04. The molecule has 0 radical (unpaired) electrons. The molecule has 0 atom stereocenters. The maximum atomic E-state index is 12.3. The monoisotopic (exact) mass is 319 g/mol. The molecule has 1 aromatic heterocycles. The molecule has 128 valence electrons. The first-order valence-corrected chi connectivity index (χ1v) is 8.62. The van der Waals surface area contributed by atoms with Gasteiger partial charge in [-0.1, -0.05) is 16.9 Å². The zero-order valence-corrected chi connectivity index (χ0v) is 14.8. The molecule has 0 aliphatic carbocycles. The molecule has 1 saturated heterocycles. The van der Waals surface area contributed by atoms with Gasteiger partial charge in [0.05, 0.1) is 12.2 Å². The van der Waals surface area contributed by atoms with E-state index in [4.69, 9.17) is 0 Å². The van der Waals surface area contributed by atoms with Crippen LogP contribution < -0.4 is 0 Å². The van der Waals surface area contributed by atoms with Crippen LogP contribution in [0.4, 0.5) is 0 Å². The van der Waals surface area contributed by atoms with Gasteiger partial charge in [0.2, 0.25) is 0 Å². The Hall–Kier alpha value is -1.69. The van der Waals surface area contributed by atoms with Gasteiger partial charge in [0.15, 0.2) is 5.69 Å². The van der Waals surface area contributed by atoms with Crippen molar-refractivity contribution in [3.8, 4) is 0 Å². The minimum absolute atomic E-state index is 0.0257. The topological polar surface area (TPSA) is 54.3 Å². The molecule has 0 N–H and O–H groups in total. The lowest BCUT2D eigenvalue weighted by molar-refractivity contribution is 0.0767. The molecule has 0 aromatic carbocycles. The highest BCUT2D eigenvalue weighted by molar-refractivity contribution is 5.91. The Balaban J connectivity index is 1.92. The zero-order valence-electron chi connectivity index (χ0n) is 14.8. The summed E-state index contributed by atoms with van der Waals surface area (Å²) in [4.78, 5) is 16.5. The third-order valence-electron chi connectivity index (χ3n) is 4.47. The van der Waals surface area contributed by atoms with Crippen LogP contribution in [0.2, 0.25) is 0 Å². The van der Waals surface area contributed by atoms with E-state index in [1.807, 2.05) is 24.7 Å². The first-order valence-electron chi connectivity index (χ1n) is 8.62. The molecule has 0 unspecified atom stereocenters. The van der Waals surface area contributed by atoms with E-state index in [0.717, 1.165) is 32.5 Å². The van der Waals surface area contributed by atoms with E-state index < -0.39 is 0 Å². The molecular weight excluding hydrogens is 290 g/mol. The highest BCUT2D eigenvalue weighted by atomic mass is 16.2. The molecule has 23 heavy (non-hydrogen) atoms. The minimum Gasteiger partial charge on any atom is -0.338 e. The van der Waals surface area contributed by atoms with Crippen LogP contribution in [0.3, 0.4) is 0 Å². The van der Waals surface area contributed by atoms with E-state index in [1.54, 1.807) is 4.90 Å². The summed E-state index contributed by atoms with van der Waals surface area (Å²) in [6, 6.07) is 0.351. The van der Waals surface area contributed by atoms with Crippen LogP contribution in [0.15, 0.2) is 17.8 Å². The summed E-state index contributed by atoms with van der Waals surface area (Å²) in [6.45, 7) is 12.8. The van der Waals surface area contributed by atoms with Crippen molar-refractivity contribution in [3.05, 3.63) is 23.5 Å². The van der Waals surface area contributed by atoms with Crippen molar-refractivity contribution in [2.45, 2.75) is 46.6 Å². The third-order valence-corrected chi connectivity index (χ3v) is 4.47. The predicted octanol–water partition coefficient (Wildman–Crippen LogP) is 2.36. The molecule has 6 nitrogen and oxygen atoms in total.